The first kappa shape index (κ1) is 11.4. The summed E-state index contributed by atoms with van der Waals surface area (Å²) in [5, 5.41) is 10.5. The summed E-state index contributed by atoms with van der Waals surface area (Å²) in [5.74, 6) is 1.10. The van der Waals surface area contributed by atoms with Crippen LogP contribution in [0.5, 0.6) is 0 Å². The lowest BCUT2D eigenvalue weighted by Gasteiger charge is -2.52. The first-order valence-corrected chi connectivity index (χ1v) is 6.20. The largest absolute Gasteiger partial charge is 0.390 e. The predicted molar refractivity (Wildman–Crippen MR) is 60.7 cm³/mol. The topological polar surface area (TPSA) is 29.5 Å². The fourth-order valence-corrected chi connectivity index (χ4v) is 3.61. The van der Waals surface area contributed by atoms with Crippen LogP contribution in [-0.4, -0.2) is 22.4 Å². The lowest BCUT2D eigenvalue weighted by atomic mass is 9.67. The van der Waals surface area contributed by atoms with Gasteiger partial charge in [0, 0.05) is 12.3 Å². The smallest absolute Gasteiger partial charge is 0.0699 e. The maximum Gasteiger partial charge on any atom is 0.0699 e. The molecule has 0 radical (unpaired) electrons. The van der Waals surface area contributed by atoms with E-state index in [4.69, 9.17) is 4.74 Å². The molecule has 0 amide bonds. The molecule has 0 bridgehead atoms. The number of rotatable bonds is 0. The fourth-order valence-electron chi connectivity index (χ4n) is 3.61. The quantitative estimate of drug-likeness (QED) is 0.669. The van der Waals surface area contributed by atoms with Crippen LogP contribution in [0.2, 0.25) is 0 Å². The SMILES string of the molecule is C[C@@H]1CC[C@@H]2[C@H](C1)OC(C)(C)CC2(C)O. The van der Waals surface area contributed by atoms with E-state index in [1.54, 1.807) is 0 Å². The van der Waals surface area contributed by atoms with Gasteiger partial charge in [0.2, 0.25) is 0 Å². The molecule has 1 aliphatic heterocycles. The van der Waals surface area contributed by atoms with Crippen LogP contribution in [0.15, 0.2) is 0 Å². The average molecular weight is 212 g/mol. The molecule has 1 saturated heterocycles. The molecule has 1 heterocycles. The molecular formula is C13H24O2. The van der Waals surface area contributed by atoms with E-state index < -0.39 is 5.60 Å². The summed E-state index contributed by atoms with van der Waals surface area (Å²) in [5.41, 5.74) is -0.700. The van der Waals surface area contributed by atoms with Crippen LogP contribution < -0.4 is 0 Å². The molecule has 2 heteroatoms. The number of ether oxygens (including phenoxy) is 1. The molecule has 4 atom stereocenters. The summed E-state index contributed by atoms with van der Waals surface area (Å²) in [4.78, 5) is 0. The Labute approximate surface area is 93.0 Å². The van der Waals surface area contributed by atoms with Crippen LogP contribution in [0.3, 0.4) is 0 Å². The van der Waals surface area contributed by atoms with E-state index in [0.29, 0.717) is 5.92 Å². The minimum atomic E-state index is -0.535. The summed E-state index contributed by atoms with van der Waals surface area (Å²) < 4.78 is 6.12. The van der Waals surface area contributed by atoms with E-state index in [2.05, 4.69) is 20.8 Å². The second-order valence-corrected chi connectivity index (χ2v) is 6.47. The van der Waals surface area contributed by atoms with Gasteiger partial charge in [-0.05, 0) is 39.5 Å². The van der Waals surface area contributed by atoms with Crippen LogP contribution >= 0.6 is 0 Å². The molecule has 15 heavy (non-hydrogen) atoms. The highest BCUT2D eigenvalue weighted by Gasteiger charge is 2.49. The lowest BCUT2D eigenvalue weighted by molar-refractivity contribution is -0.227. The summed E-state index contributed by atoms with van der Waals surface area (Å²) in [6.45, 7) is 8.47. The Morgan fingerprint density at radius 3 is 2.53 bits per heavy atom. The lowest BCUT2D eigenvalue weighted by Crippen LogP contribution is -2.56. The van der Waals surface area contributed by atoms with Gasteiger partial charge in [-0.25, -0.2) is 0 Å². The Balaban J connectivity index is 2.18. The van der Waals surface area contributed by atoms with Crippen LogP contribution in [-0.2, 0) is 4.74 Å². The fraction of sp³-hybridized carbons (Fsp3) is 1.00. The van der Waals surface area contributed by atoms with Crippen LogP contribution in [0.25, 0.3) is 0 Å². The Morgan fingerprint density at radius 1 is 1.20 bits per heavy atom. The minimum Gasteiger partial charge on any atom is -0.390 e. The monoisotopic (exact) mass is 212 g/mol. The van der Waals surface area contributed by atoms with Crippen molar-refractivity contribution in [1.29, 1.82) is 0 Å². The Kier molecular flexibility index (Phi) is 2.63. The van der Waals surface area contributed by atoms with Crippen molar-refractivity contribution in [3.8, 4) is 0 Å². The standard InChI is InChI=1S/C13H24O2/c1-9-5-6-10-11(7-9)15-12(2,3)8-13(10,4)14/h9-11,14H,5-8H2,1-4H3/t9-,10-,11+,13?/m1/s1. The molecule has 2 rings (SSSR count). The highest BCUT2D eigenvalue weighted by Crippen LogP contribution is 2.46. The number of hydrogen-bond acceptors (Lipinski definition) is 2. The number of aliphatic hydroxyl groups is 1. The second-order valence-electron chi connectivity index (χ2n) is 6.47. The van der Waals surface area contributed by atoms with Gasteiger partial charge < -0.3 is 9.84 Å². The maximum atomic E-state index is 10.5. The maximum absolute atomic E-state index is 10.5. The van der Waals surface area contributed by atoms with E-state index in [9.17, 15) is 5.11 Å². The minimum absolute atomic E-state index is 0.165. The third kappa shape index (κ3) is 2.21. The van der Waals surface area contributed by atoms with Crippen molar-refractivity contribution in [2.24, 2.45) is 11.8 Å². The summed E-state index contributed by atoms with van der Waals surface area (Å²) in [7, 11) is 0. The van der Waals surface area contributed by atoms with E-state index in [0.717, 1.165) is 25.2 Å². The Bertz CT molecular complexity index is 245. The van der Waals surface area contributed by atoms with Gasteiger partial charge in [-0.2, -0.15) is 0 Å². The van der Waals surface area contributed by atoms with Crippen molar-refractivity contribution in [3.05, 3.63) is 0 Å². The summed E-state index contributed by atoms with van der Waals surface area (Å²) in [6, 6.07) is 0. The van der Waals surface area contributed by atoms with Gasteiger partial charge in [-0.15, -0.1) is 0 Å². The van der Waals surface area contributed by atoms with E-state index in [1.807, 2.05) is 6.92 Å². The van der Waals surface area contributed by atoms with Crippen molar-refractivity contribution in [3.63, 3.8) is 0 Å². The van der Waals surface area contributed by atoms with Crippen molar-refractivity contribution in [1.82, 2.24) is 0 Å². The van der Waals surface area contributed by atoms with Crippen LogP contribution in [0.1, 0.15) is 53.4 Å². The molecule has 2 fully saturated rings. The molecule has 1 saturated carbocycles. The first-order chi connectivity index (χ1) is 6.80. The van der Waals surface area contributed by atoms with E-state index in [-0.39, 0.29) is 11.7 Å². The molecule has 1 aliphatic carbocycles. The summed E-state index contributed by atoms with van der Waals surface area (Å²) >= 11 is 0. The number of hydrogen-bond donors (Lipinski definition) is 1. The second kappa shape index (κ2) is 3.46. The van der Waals surface area contributed by atoms with Gasteiger partial charge in [-0.1, -0.05) is 13.3 Å². The molecule has 1 unspecified atom stereocenters. The zero-order chi connectivity index (χ0) is 11.3. The van der Waals surface area contributed by atoms with E-state index in [1.165, 1.54) is 6.42 Å². The van der Waals surface area contributed by atoms with Crippen LogP contribution in [0, 0.1) is 11.8 Å². The summed E-state index contributed by atoms with van der Waals surface area (Å²) in [6.07, 6.45) is 4.50. The van der Waals surface area contributed by atoms with Gasteiger partial charge in [0.1, 0.15) is 0 Å². The van der Waals surface area contributed by atoms with Gasteiger partial charge in [0.05, 0.1) is 17.3 Å². The van der Waals surface area contributed by atoms with Crippen molar-refractivity contribution >= 4 is 0 Å². The molecule has 2 nitrogen and oxygen atoms in total. The first-order valence-electron chi connectivity index (χ1n) is 6.20. The highest BCUT2D eigenvalue weighted by atomic mass is 16.5. The molecule has 0 aromatic heterocycles. The highest BCUT2D eigenvalue weighted by molar-refractivity contribution is 4.99. The van der Waals surface area contributed by atoms with Crippen molar-refractivity contribution in [2.75, 3.05) is 0 Å². The zero-order valence-corrected chi connectivity index (χ0v) is 10.4. The van der Waals surface area contributed by atoms with Crippen molar-refractivity contribution < 1.29 is 9.84 Å². The van der Waals surface area contributed by atoms with Gasteiger partial charge in [-0.3, -0.25) is 0 Å². The molecule has 1 N–H and O–H groups in total. The molecule has 88 valence electrons. The zero-order valence-electron chi connectivity index (χ0n) is 10.4. The third-order valence-electron chi connectivity index (χ3n) is 4.11. The third-order valence-corrected chi connectivity index (χ3v) is 4.11. The molecule has 0 aromatic rings. The molecule has 0 spiro atoms. The molecular weight excluding hydrogens is 188 g/mol. The van der Waals surface area contributed by atoms with Gasteiger partial charge in [0.15, 0.2) is 0 Å². The molecule has 0 aromatic carbocycles. The van der Waals surface area contributed by atoms with Crippen LogP contribution in [0.4, 0.5) is 0 Å². The van der Waals surface area contributed by atoms with Gasteiger partial charge >= 0.3 is 0 Å². The Morgan fingerprint density at radius 2 is 1.87 bits per heavy atom. The van der Waals surface area contributed by atoms with Crippen molar-refractivity contribution in [2.45, 2.75) is 70.7 Å². The molecule has 2 aliphatic rings. The number of fused-ring (bicyclic) bond motifs is 1. The normalized spacial score (nSPS) is 49.8. The average Bonchev–Trinajstić information content (AvgIpc) is 1.97. The Hall–Kier alpha value is -0.0800. The van der Waals surface area contributed by atoms with E-state index >= 15 is 0 Å². The predicted octanol–water partition coefficient (Wildman–Crippen LogP) is 2.74. The van der Waals surface area contributed by atoms with Gasteiger partial charge in [0.25, 0.3) is 0 Å².